The largest absolute Gasteiger partial charge is 0.480 e. The van der Waals surface area contributed by atoms with Crippen molar-refractivity contribution in [1.29, 1.82) is 0 Å². The zero-order valence-corrected chi connectivity index (χ0v) is 12.2. The van der Waals surface area contributed by atoms with Crippen molar-refractivity contribution >= 4 is 16.0 Å². The number of aliphatic carboxylic acids is 1. The second-order valence-electron chi connectivity index (χ2n) is 5.25. The van der Waals surface area contributed by atoms with E-state index in [4.69, 9.17) is 5.11 Å². The Morgan fingerprint density at radius 2 is 2.19 bits per heavy atom. The van der Waals surface area contributed by atoms with E-state index in [-0.39, 0.29) is 10.9 Å². The summed E-state index contributed by atoms with van der Waals surface area (Å²) in [5.41, 5.74) is 0. The molecule has 1 saturated heterocycles. The fourth-order valence-electron chi connectivity index (χ4n) is 2.12. The van der Waals surface area contributed by atoms with Crippen LogP contribution in [0.5, 0.6) is 0 Å². The van der Waals surface area contributed by atoms with Crippen LogP contribution in [-0.2, 0) is 14.8 Å². The van der Waals surface area contributed by atoms with Gasteiger partial charge >= 0.3 is 5.97 Å². The number of carboxylic acid groups (broad SMARTS) is 1. The number of aromatic nitrogens is 2. The van der Waals surface area contributed by atoms with Crippen LogP contribution in [0, 0.1) is 0 Å². The smallest absolute Gasteiger partial charge is 0.322 e. The topological polar surface area (TPSA) is 103 Å². The predicted octanol–water partition coefficient (Wildman–Crippen LogP) is 1.02. The van der Waals surface area contributed by atoms with E-state index in [1.807, 2.05) is 0 Å². The van der Waals surface area contributed by atoms with E-state index < -0.39 is 40.9 Å². The van der Waals surface area contributed by atoms with Gasteiger partial charge in [0.25, 0.3) is 15.9 Å². The van der Waals surface area contributed by atoms with Gasteiger partial charge in [-0.05, 0) is 0 Å². The molecule has 0 aliphatic carbocycles. The van der Waals surface area contributed by atoms with Gasteiger partial charge in [0.15, 0.2) is 5.03 Å². The molecule has 21 heavy (non-hydrogen) atoms. The Labute approximate surface area is 120 Å². The number of rotatable bonds is 4. The average molecular weight is 323 g/mol. The van der Waals surface area contributed by atoms with E-state index in [0.29, 0.717) is 10.1 Å². The van der Waals surface area contributed by atoms with Crippen molar-refractivity contribution in [3.63, 3.8) is 0 Å². The maximum absolute atomic E-state index is 13.4. The van der Waals surface area contributed by atoms with E-state index in [1.165, 1.54) is 0 Å². The fourth-order valence-corrected chi connectivity index (χ4v) is 3.65. The zero-order valence-electron chi connectivity index (χ0n) is 11.4. The Balaban J connectivity index is 2.39. The van der Waals surface area contributed by atoms with E-state index in [1.54, 1.807) is 13.8 Å². The van der Waals surface area contributed by atoms with E-state index in [0.717, 1.165) is 6.20 Å². The standard InChI is InChI=1S/C11H15F2N3O4S/c1-6(2)9-14-4-8(15-9)21(19,20)16-5-11(12,13)3-7(16)10(17)18/h4,6-7H,3,5H2,1-2H3,(H,14,15)(H,17,18)/t7-/m1/s1. The van der Waals surface area contributed by atoms with Crippen LogP contribution in [0.2, 0.25) is 0 Å². The lowest BCUT2D eigenvalue weighted by Crippen LogP contribution is -2.40. The third-order valence-corrected chi connectivity index (χ3v) is 4.98. The van der Waals surface area contributed by atoms with Gasteiger partial charge in [-0.25, -0.2) is 22.2 Å². The number of nitrogens with zero attached hydrogens (tertiary/aromatic N) is 2. The summed E-state index contributed by atoms with van der Waals surface area (Å²) in [7, 11) is -4.36. The molecule has 0 aromatic carbocycles. The summed E-state index contributed by atoms with van der Waals surface area (Å²) in [5, 5.41) is 8.57. The Kier molecular flexibility index (Phi) is 3.79. The molecule has 0 unspecified atom stereocenters. The number of hydrogen-bond acceptors (Lipinski definition) is 4. The predicted molar refractivity (Wildman–Crippen MR) is 67.6 cm³/mol. The molecule has 2 rings (SSSR count). The maximum Gasteiger partial charge on any atom is 0.322 e. The highest BCUT2D eigenvalue weighted by Crippen LogP contribution is 2.35. The molecule has 1 aromatic rings. The third-order valence-electron chi connectivity index (χ3n) is 3.22. The van der Waals surface area contributed by atoms with Crippen molar-refractivity contribution in [2.45, 2.75) is 43.2 Å². The minimum atomic E-state index is -4.36. The van der Waals surface area contributed by atoms with Crippen LogP contribution in [0.3, 0.4) is 0 Å². The Morgan fingerprint density at radius 1 is 1.57 bits per heavy atom. The third kappa shape index (κ3) is 2.91. The first kappa shape index (κ1) is 15.8. The number of imidazole rings is 1. The molecule has 1 aliphatic heterocycles. The second kappa shape index (κ2) is 5.02. The summed E-state index contributed by atoms with van der Waals surface area (Å²) < 4.78 is 51.8. The molecule has 0 bridgehead atoms. The van der Waals surface area contributed by atoms with Gasteiger partial charge in [0.2, 0.25) is 0 Å². The molecule has 1 fully saturated rings. The number of nitrogens with one attached hydrogen (secondary N) is 1. The number of sulfonamides is 1. The number of hydrogen-bond donors (Lipinski definition) is 2. The van der Waals surface area contributed by atoms with Crippen LogP contribution in [0.4, 0.5) is 8.78 Å². The van der Waals surface area contributed by atoms with Crippen LogP contribution in [0.1, 0.15) is 32.0 Å². The van der Waals surface area contributed by atoms with Gasteiger partial charge in [-0.15, -0.1) is 0 Å². The molecule has 2 N–H and O–H groups in total. The molecule has 118 valence electrons. The molecule has 2 heterocycles. The van der Waals surface area contributed by atoms with E-state index >= 15 is 0 Å². The van der Waals surface area contributed by atoms with Crippen molar-refractivity contribution in [3.05, 3.63) is 12.0 Å². The monoisotopic (exact) mass is 323 g/mol. The first-order valence-electron chi connectivity index (χ1n) is 6.22. The number of H-pyrrole nitrogens is 1. The lowest BCUT2D eigenvalue weighted by molar-refractivity contribution is -0.141. The molecular weight excluding hydrogens is 308 g/mol. The molecule has 0 amide bonds. The Morgan fingerprint density at radius 3 is 2.67 bits per heavy atom. The number of carbonyl (C=O) groups is 1. The van der Waals surface area contributed by atoms with Crippen LogP contribution >= 0.6 is 0 Å². The average Bonchev–Trinajstić information content (AvgIpc) is 2.93. The Bertz CT molecular complexity index is 656. The molecule has 10 heteroatoms. The normalized spacial score (nSPS) is 22.8. The molecule has 7 nitrogen and oxygen atoms in total. The van der Waals surface area contributed by atoms with Crippen molar-refractivity contribution in [2.75, 3.05) is 6.54 Å². The van der Waals surface area contributed by atoms with Crippen molar-refractivity contribution < 1.29 is 27.1 Å². The van der Waals surface area contributed by atoms with E-state index in [9.17, 15) is 22.0 Å². The number of halogens is 2. The first-order valence-corrected chi connectivity index (χ1v) is 7.66. The van der Waals surface area contributed by atoms with Gasteiger partial charge in [-0.3, -0.25) is 4.79 Å². The molecule has 0 saturated carbocycles. The zero-order chi connectivity index (χ0) is 16.0. The highest BCUT2D eigenvalue weighted by atomic mass is 32.2. The molecule has 0 spiro atoms. The van der Waals surface area contributed by atoms with Gasteiger partial charge in [-0.1, -0.05) is 13.8 Å². The minimum Gasteiger partial charge on any atom is -0.480 e. The van der Waals surface area contributed by atoms with Gasteiger partial charge in [-0.2, -0.15) is 4.31 Å². The molecular formula is C11H15F2N3O4S. The number of alkyl halides is 2. The van der Waals surface area contributed by atoms with Gasteiger partial charge in [0, 0.05) is 12.3 Å². The Hall–Kier alpha value is -1.55. The lowest BCUT2D eigenvalue weighted by Gasteiger charge is -2.19. The van der Waals surface area contributed by atoms with Gasteiger partial charge in [0.1, 0.15) is 11.9 Å². The number of aromatic amines is 1. The molecule has 1 atom stereocenters. The van der Waals surface area contributed by atoms with Crippen molar-refractivity contribution in [1.82, 2.24) is 14.3 Å². The maximum atomic E-state index is 13.4. The van der Waals surface area contributed by atoms with Gasteiger partial charge in [0.05, 0.1) is 12.7 Å². The van der Waals surface area contributed by atoms with Crippen LogP contribution in [-0.4, -0.2) is 52.3 Å². The molecule has 1 aromatic heterocycles. The molecule has 0 radical (unpaired) electrons. The number of carboxylic acids is 1. The molecule has 1 aliphatic rings. The highest BCUT2D eigenvalue weighted by Gasteiger charge is 2.53. The van der Waals surface area contributed by atoms with Gasteiger partial charge < -0.3 is 10.1 Å². The summed E-state index contributed by atoms with van der Waals surface area (Å²) in [6, 6.07) is -1.78. The highest BCUT2D eigenvalue weighted by molar-refractivity contribution is 7.89. The van der Waals surface area contributed by atoms with E-state index in [2.05, 4.69) is 9.97 Å². The summed E-state index contributed by atoms with van der Waals surface area (Å²) in [4.78, 5) is 17.4. The summed E-state index contributed by atoms with van der Waals surface area (Å²) >= 11 is 0. The van der Waals surface area contributed by atoms with Crippen molar-refractivity contribution in [3.8, 4) is 0 Å². The van der Waals surface area contributed by atoms with Crippen molar-refractivity contribution in [2.24, 2.45) is 0 Å². The van der Waals surface area contributed by atoms with Crippen LogP contribution in [0.25, 0.3) is 0 Å². The summed E-state index contributed by atoms with van der Waals surface area (Å²) in [6.07, 6.45) is -0.0211. The lowest BCUT2D eigenvalue weighted by atomic mass is 10.2. The first-order chi connectivity index (χ1) is 9.54. The SMILES string of the molecule is CC(C)c1ncc(S(=O)(=O)N2CC(F)(F)C[C@@H]2C(=O)O)[nH]1. The van der Waals surface area contributed by atoms with Crippen LogP contribution in [0.15, 0.2) is 11.2 Å². The summed E-state index contributed by atoms with van der Waals surface area (Å²) in [5.74, 6) is -4.66. The summed E-state index contributed by atoms with van der Waals surface area (Å²) in [6.45, 7) is 2.40. The van der Waals surface area contributed by atoms with Crippen LogP contribution < -0.4 is 0 Å². The second-order valence-corrected chi connectivity index (χ2v) is 7.11. The minimum absolute atomic E-state index is 0.0794. The quantitative estimate of drug-likeness (QED) is 0.861. The fraction of sp³-hybridized carbons (Fsp3) is 0.636.